The molecule has 2 N–H and O–H groups in total. The van der Waals surface area contributed by atoms with E-state index in [-0.39, 0.29) is 19.0 Å². The molecule has 0 amide bonds. The quantitative estimate of drug-likeness (QED) is 0.508. The molecule has 29 heavy (non-hydrogen) atoms. The lowest BCUT2D eigenvalue weighted by atomic mass is 10.1. The molecule has 4 rings (SSSR count). The van der Waals surface area contributed by atoms with E-state index in [1.165, 1.54) is 28.7 Å². The first kappa shape index (κ1) is 19.1. The predicted octanol–water partition coefficient (Wildman–Crippen LogP) is 2.89. The lowest BCUT2D eigenvalue weighted by Crippen LogP contribution is -2.17. The Bertz CT molecular complexity index is 1210. The average molecular weight is 409 g/mol. The summed E-state index contributed by atoms with van der Waals surface area (Å²) < 4.78 is 17.3. The van der Waals surface area contributed by atoms with Gasteiger partial charge in [-0.1, -0.05) is 23.9 Å². The van der Waals surface area contributed by atoms with Crippen LogP contribution in [0.1, 0.15) is 11.6 Å². The normalized spacial score (nSPS) is 11.3. The van der Waals surface area contributed by atoms with Crippen molar-refractivity contribution in [3.8, 4) is 17.2 Å². The van der Waals surface area contributed by atoms with E-state index in [0.29, 0.717) is 20.9 Å². The van der Waals surface area contributed by atoms with Crippen LogP contribution in [-0.4, -0.2) is 42.8 Å². The molecule has 0 saturated carbocycles. The Labute approximate surface area is 169 Å². The minimum Gasteiger partial charge on any atom is -0.394 e. The molecule has 0 radical (unpaired) electrons. The topological polar surface area (TPSA) is 99.4 Å². The number of aliphatic hydroxyl groups excluding tert-OH is 2. The Kier molecular flexibility index (Phi) is 5.31. The van der Waals surface area contributed by atoms with Crippen molar-refractivity contribution in [3.63, 3.8) is 0 Å². The van der Waals surface area contributed by atoms with E-state index in [4.69, 9.17) is 0 Å². The van der Waals surface area contributed by atoms with E-state index in [1.54, 1.807) is 41.3 Å². The number of hydrogen-bond donors (Lipinski definition) is 2. The van der Waals surface area contributed by atoms with E-state index >= 15 is 0 Å². The van der Waals surface area contributed by atoms with Gasteiger partial charge in [0.25, 0.3) is 0 Å². The highest BCUT2D eigenvalue weighted by Crippen LogP contribution is 2.36. The number of fused-ring (bicyclic) bond motifs is 1. The zero-order chi connectivity index (χ0) is 20.4. The summed E-state index contributed by atoms with van der Waals surface area (Å²) in [5.74, 6) is -0.347. The third-order valence-corrected chi connectivity index (χ3v) is 5.57. The van der Waals surface area contributed by atoms with E-state index in [0.717, 1.165) is 11.1 Å². The average Bonchev–Trinajstić information content (AvgIpc) is 3.38. The summed E-state index contributed by atoms with van der Waals surface area (Å²) in [5.41, 5.74) is 2.49. The van der Waals surface area contributed by atoms with Gasteiger partial charge in [0.05, 0.1) is 42.7 Å². The number of benzene rings is 1. The second-order valence-corrected chi connectivity index (χ2v) is 7.40. The van der Waals surface area contributed by atoms with Crippen molar-refractivity contribution in [1.29, 1.82) is 5.26 Å². The molecule has 0 bridgehead atoms. The van der Waals surface area contributed by atoms with Crippen molar-refractivity contribution in [3.05, 3.63) is 66.5 Å². The fourth-order valence-electron chi connectivity index (χ4n) is 2.96. The molecule has 9 heteroatoms. The van der Waals surface area contributed by atoms with Gasteiger partial charge in [0, 0.05) is 33.3 Å². The molecule has 3 aromatic heterocycles. The van der Waals surface area contributed by atoms with Gasteiger partial charge in [0.15, 0.2) is 0 Å². The third-order valence-electron chi connectivity index (χ3n) is 4.48. The summed E-state index contributed by atoms with van der Waals surface area (Å²) in [4.78, 5) is 1.11. The molecule has 0 aliphatic heterocycles. The number of hydrogen-bond acceptors (Lipinski definition) is 6. The molecule has 3 heterocycles. The van der Waals surface area contributed by atoms with Crippen molar-refractivity contribution < 1.29 is 14.6 Å². The van der Waals surface area contributed by atoms with Crippen molar-refractivity contribution in [2.24, 2.45) is 0 Å². The molecule has 0 saturated heterocycles. The Hall–Kier alpha value is -3.19. The lowest BCUT2D eigenvalue weighted by molar-refractivity contribution is 0.146. The van der Waals surface area contributed by atoms with E-state index in [2.05, 4.69) is 16.3 Å². The highest BCUT2D eigenvalue weighted by Gasteiger charge is 2.16. The first-order valence-corrected chi connectivity index (χ1v) is 9.56. The minimum atomic E-state index is -0.533. The molecule has 0 aliphatic rings. The number of rotatable bonds is 6. The second kappa shape index (κ2) is 8.05. The molecule has 0 atom stereocenters. The van der Waals surface area contributed by atoms with Crippen LogP contribution in [0.2, 0.25) is 0 Å². The smallest absolute Gasteiger partial charge is 0.137 e. The predicted molar refractivity (Wildman–Crippen MR) is 105 cm³/mol. The fourth-order valence-corrected chi connectivity index (χ4v) is 3.99. The van der Waals surface area contributed by atoms with Gasteiger partial charge in [-0.05, 0) is 18.2 Å². The number of nitriles is 1. The van der Waals surface area contributed by atoms with Crippen molar-refractivity contribution in [1.82, 2.24) is 19.4 Å². The molecule has 0 spiro atoms. The number of pyridine rings is 1. The molecule has 0 unspecified atom stereocenters. The SMILES string of the molecule is N#Cc1cnn2cc(-c3cnn(C(CO)CO)c3)cc(Sc3ccccc3F)c12. The summed E-state index contributed by atoms with van der Waals surface area (Å²) in [5, 5.41) is 36.6. The molecule has 7 nitrogen and oxygen atoms in total. The summed E-state index contributed by atoms with van der Waals surface area (Å²) in [6.45, 7) is -0.481. The Morgan fingerprint density at radius 2 is 1.86 bits per heavy atom. The first-order chi connectivity index (χ1) is 14.1. The summed E-state index contributed by atoms with van der Waals surface area (Å²) in [6, 6.07) is 9.88. The highest BCUT2D eigenvalue weighted by atomic mass is 32.2. The molecule has 0 fully saturated rings. The first-order valence-electron chi connectivity index (χ1n) is 8.74. The molecule has 146 valence electrons. The largest absolute Gasteiger partial charge is 0.394 e. The van der Waals surface area contributed by atoms with Crippen LogP contribution in [0.25, 0.3) is 16.6 Å². The maximum absolute atomic E-state index is 14.2. The van der Waals surface area contributed by atoms with Crippen LogP contribution in [0, 0.1) is 17.1 Å². The van der Waals surface area contributed by atoms with Gasteiger partial charge in [-0.3, -0.25) is 4.68 Å². The maximum Gasteiger partial charge on any atom is 0.137 e. The lowest BCUT2D eigenvalue weighted by Gasteiger charge is -2.11. The summed E-state index contributed by atoms with van der Waals surface area (Å²) in [7, 11) is 0. The van der Waals surface area contributed by atoms with Crippen LogP contribution < -0.4 is 0 Å². The molecular weight excluding hydrogens is 393 g/mol. The van der Waals surface area contributed by atoms with E-state index < -0.39 is 6.04 Å². The van der Waals surface area contributed by atoms with Crippen LogP contribution >= 0.6 is 11.8 Å². The fraction of sp³-hybridized carbons (Fsp3) is 0.150. The van der Waals surface area contributed by atoms with Crippen molar-refractivity contribution >= 4 is 17.3 Å². The zero-order valence-corrected chi connectivity index (χ0v) is 15.9. The van der Waals surface area contributed by atoms with E-state index in [1.807, 2.05) is 6.07 Å². The van der Waals surface area contributed by atoms with Gasteiger partial charge in [0.2, 0.25) is 0 Å². The Morgan fingerprint density at radius 3 is 2.59 bits per heavy atom. The minimum absolute atomic E-state index is 0.240. The summed E-state index contributed by atoms with van der Waals surface area (Å²) in [6.07, 6.45) is 6.56. The Balaban J connectivity index is 1.83. The van der Waals surface area contributed by atoms with Gasteiger partial charge in [-0.2, -0.15) is 15.5 Å². The van der Waals surface area contributed by atoms with Gasteiger partial charge in [-0.25, -0.2) is 8.91 Å². The van der Waals surface area contributed by atoms with Crippen LogP contribution in [0.4, 0.5) is 4.39 Å². The van der Waals surface area contributed by atoms with Crippen LogP contribution in [0.15, 0.2) is 64.9 Å². The maximum atomic E-state index is 14.2. The molecule has 4 aromatic rings. The number of aliphatic hydroxyl groups is 2. The van der Waals surface area contributed by atoms with Crippen LogP contribution in [0.5, 0.6) is 0 Å². The van der Waals surface area contributed by atoms with Crippen LogP contribution in [-0.2, 0) is 0 Å². The number of halogens is 1. The number of aromatic nitrogens is 4. The molecule has 0 aliphatic carbocycles. The standard InChI is InChI=1S/C20H16FN5O2S/c21-17-3-1-2-4-18(17)29-19-5-13(9-26-20(19)14(6-22)7-24-26)15-8-23-25(10-15)16(11-27)12-28/h1-5,7-10,16,27-28H,11-12H2. The van der Waals surface area contributed by atoms with Crippen LogP contribution in [0.3, 0.4) is 0 Å². The van der Waals surface area contributed by atoms with Gasteiger partial charge < -0.3 is 10.2 Å². The van der Waals surface area contributed by atoms with Gasteiger partial charge in [-0.15, -0.1) is 0 Å². The Morgan fingerprint density at radius 1 is 1.07 bits per heavy atom. The van der Waals surface area contributed by atoms with Gasteiger partial charge >= 0.3 is 0 Å². The van der Waals surface area contributed by atoms with E-state index in [9.17, 15) is 19.9 Å². The van der Waals surface area contributed by atoms with Crippen molar-refractivity contribution in [2.45, 2.75) is 15.8 Å². The van der Waals surface area contributed by atoms with Gasteiger partial charge in [0.1, 0.15) is 11.9 Å². The summed E-state index contributed by atoms with van der Waals surface area (Å²) >= 11 is 1.21. The van der Waals surface area contributed by atoms with Crippen molar-refractivity contribution in [2.75, 3.05) is 13.2 Å². The highest BCUT2D eigenvalue weighted by molar-refractivity contribution is 7.99. The monoisotopic (exact) mass is 409 g/mol. The zero-order valence-electron chi connectivity index (χ0n) is 15.1. The number of nitrogens with zero attached hydrogens (tertiary/aromatic N) is 5. The molecule has 1 aromatic carbocycles. The molecular formula is C20H16FN5O2S. The third kappa shape index (κ3) is 3.61. The second-order valence-electron chi connectivity index (χ2n) is 6.32.